The number of nitrogens with two attached hydrogens (primary N) is 1. The highest BCUT2D eigenvalue weighted by atomic mass is 35.5. The van der Waals surface area contributed by atoms with Gasteiger partial charge in [0.1, 0.15) is 5.82 Å². The van der Waals surface area contributed by atoms with E-state index in [9.17, 15) is 9.18 Å². The van der Waals surface area contributed by atoms with Crippen LogP contribution < -0.4 is 11.1 Å². The van der Waals surface area contributed by atoms with Crippen LogP contribution in [0.2, 0.25) is 10.0 Å². The maximum atomic E-state index is 13.0. The van der Waals surface area contributed by atoms with Gasteiger partial charge in [-0.25, -0.2) is 4.39 Å². The van der Waals surface area contributed by atoms with Gasteiger partial charge in [-0.1, -0.05) is 41.4 Å². The summed E-state index contributed by atoms with van der Waals surface area (Å²) in [4.78, 5) is 12.4. The molecule has 2 aromatic carbocycles. The van der Waals surface area contributed by atoms with Crippen molar-refractivity contribution in [1.82, 2.24) is 5.32 Å². The summed E-state index contributed by atoms with van der Waals surface area (Å²) in [6.07, 6.45) is 0.279. The van der Waals surface area contributed by atoms with E-state index in [-0.39, 0.29) is 12.2 Å². The van der Waals surface area contributed by atoms with Crippen molar-refractivity contribution in [2.75, 3.05) is 0 Å². The lowest BCUT2D eigenvalue weighted by Crippen LogP contribution is -2.39. The summed E-state index contributed by atoms with van der Waals surface area (Å²) in [5.74, 6) is -1.97. The molecule has 0 fully saturated rings. The average molecular weight is 354 g/mol. The van der Waals surface area contributed by atoms with E-state index in [1.165, 1.54) is 18.2 Å². The van der Waals surface area contributed by atoms with E-state index in [1.54, 1.807) is 24.3 Å². The Balaban J connectivity index is 2.36. The highest BCUT2D eigenvalue weighted by Crippen LogP contribution is 2.30. The smallest absolute Gasteiger partial charge is 0.234 e. The van der Waals surface area contributed by atoms with Gasteiger partial charge in [0.05, 0.1) is 5.92 Å². The largest absolute Gasteiger partial charge is 0.370 e. The summed E-state index contributed by atoms with van der Waals surface area (Å²) in [6, 6.07) is 10.6. The third-order valence-corrected chi connectivity index (χ3v) is 3.83. The van der Waals surface area contributed by atoms with Gasteiger partial charge in [-0.3, -0.25) is 15.5 Å². The van der Waals surface area contributed by atoms with E-state index in [2.05, 4.69) is 5.32 Å². The topological polar surface area (TPSA) is 79.0 Å². The van der Waals surface area contributed by atoms with Crippen molar-refractivity contribution >= 4 is 35.1 Å². The zero-order valence-corrected chi connectivity index (χ0v) is 13.5. The minimum absolute atomic E-state index is 0.279. The number of carbonyl (C=O) groups is 1. The molecule has 0 radical (unpaired) electrons. The zero-order valence-electron chi connectivity index (χ0n) is 11.9. The van der Waals surface area contributed by atoms with E-state index in [4.69, 9.17) is 34.3 Å². The molecule has 0 aliphatic carbocycles. The number of nitrogens with one attached hydrogen (secondary N) is 2. The molecule has 2 aromatic rings. The first-order chi connectivity index (χ1) is 10.9. The van der Waals surface area contributed by atoms with E-state index in [0.717, 1.165) is 5.56 Å². The zero-order chi connectivity index (χ0) is 17.0. The standard InChI is InChI=1S/C16H14Cl2FN3O/c17-10-3-6-12(14(18)8-10)13(15(23)22-16(20)21)7-9-1-4-11(19)5-2-9/h1-6,8,13H,7H2,(H4,20,21,22,23)/t13-/m1/s1. The number of rotatable bonds is 4. The second-order valence-corrected chi connectivity index (χ2v) is 5.80. The van der Waals surface area contributed by atoms with Crippen molar-refractivity contribution in [3.8, 4) is 0 Å². The summed E-state index contributed by atoms with van der Waals surface area (Å²) in [7, 11) is 0. The molecule has 0 spiro atoms. The molecule has 0 unspecified atom stereocenters. The maximum absolute atomic E-state index is 13.0. The lowest BCUT2D eigenvalue weighted by Gasteiger charge is -2.18. The fourth-order valence-corrected chi connectivity index (χ4v) is 2.74. The number of benzene rings is 2. The molecule has 23 heavy (non-hydrogen) atoms. The SMILES string of the molecule is N=C(N)NC(=O)[C@H](Cc1ccc(F)cc1)c1ccc(Cl)cc1Cl. The van der Waals surface area contributed by atoms with Gasteiger partial charge in [-0.15, -0.1) is 0 Å². The summed E-state index contributed by atoms with van der Waals surface area (Å²) >= 11 is 12.1. The van der Waals surface area contributed by atoms with Crippen LogP contribution >= 0.6 is 23.2 Å². The Morgan fingerprint density at radius 3 is 2.43 bits per heavy atom. The molecule has 0 saturated heterocycles. The summed E-state index contributed by atoms with van der Waals surface area (Å²) < 4.78 is 13.0. The van der Waals surface area contributed by atoms with Gasteiger partial charge in [-0.2, -0.15) is 0 Å². The summed E-state index contributed by atoms with van der Waals surface area (Å²) in [5.41, 5.74) is 6.54. The van der Waals surface area contributed by atoms with Crippen LogP contribution in [-0.4, -0.2) is 11.9 Å². The Labute approximate surface area is 142 Å². The van der Waals surface area contributed by atoms with Crippen LogP contribution in [-0.2, 0) is 11.2 Å². The van der Waals surface area contributed by atoms with Crippen LogP contribution in [0.5, 0.6) is 0 Å². The van der Waals surface area contributed by atoms with Crippen molar-refractivity contribution in [2.24, 2.45) is 5.73 Å². The van der Waals surface area contributed by atoms with Gasteiger partial charge in [0.2, 0.25) is 5.91 Å². The van der Waals surface area contributed by atoms with Crippen molar-refractivity contribution in [1.29, 1.82) is 5.41 Å². The molecule has 0 aliphatic heterocycles. The monoisotopic (exact) mass is 353 g/mol. The lowest BCUT2D eigenvalue weighted by atomic mass is 9.91. The molecule has 0 aliphatic rings. The lowest BCUT2D eigenvalue weighted by molar-refractivity contribution is -0.121. The number of amides is 1. The maximum Gasteiger partial charge on any atom is 0.234 e. The molecular formula is C16H14Cl2FN3O. The highest BCUT2D eigenvalue weighted by molar-refractivity contribution is 6.35. The predicted octanol–water partition coefficient (Wildman–Crippen LogP) is 3.47. The molecule has 7 heteroatoms. The number of hydrogen-bond acceptors (Lipinski definition) is 2. The van der Waals surface area contributed by atoms with Crippen LogP contribution in [0.3, 0.4) is 0 Å². The minimum atomic E-state index is -0.686. The molecule has 0 heterocycles. The first-order valence-corrected chi connectivity index (χ1v) is 7.46. The number of halogens is 3. The highest BCUT2D eigenvalue weighted by Gasteiger charge is 2.24. The minimum Gasteiger partial charge on any atom is -0.370 e. The summed E-state index contributed by atoms with van der Waals surface area (Å²) in [5, 5.41) is 10.3. The first-order valence-electron chi connectivity index (χ1n) is 6.71. The van der Waals surface area contributed by atoms with Crippen LogP contribution in [0, 0.1) is 11.2 Å². The Hall–Kier alpha value is -2.11. The molecule has 0 saturated carbocycles. The Kier molecular flexibility index (Phi) is 5.58. The molecule has 1 amide bonds. The average Bonchev–Trinajstić information content (AvgIpc) is 2.46. The Bertz CT molecular complexity index is 735. The van der Waals surface area contributed by atoms with E-state index in [0.29, 0.717) is 15.6 Å². The van der Waals surface area contributed by atoms with Crippen LogP contribution in [0.15, 0.2) is 42.5 Å². The van der Waals surface area contributed by atoms with Gasteiger partial charge in [-0.05, 0) is 41.8 Å². The third-order valence-electron chi connectivity index (χ3n) is 3.27. The Morgan fingerprint density at radius 1 is 1.22 bits per heavy atom. The molecule has 4 N–H and O–H groups in total. The molecule has 2 rings (SSSR count). The fourth-order valence-electron chi connectivity index (χ4n) is 2.20. The number of carbonyl (C=O) groups excluding carboxylic acids is 1. The molecular weight excluding hydrogens is 340 g/mol. The van der Waals surface area contributed by atoms with E-state index in [1.807, 2.05) is 0 Å². The predicted molar refractivity (Wildman–Crippen MR) is 89.4 cm³/mol. The van der Waals surface area contributed by atoms with Crippen molar-refractivity contribution in [3.05, 3.63) is 69.5 Å². The fraction of sp³-hybridized carbons (Fsp3) is 0.125. The van der Waals surface area contributed by atoms with E-state index < -0.39 is 17.8 Å². The van der Waals surface area contributed by atoms with Crippen LogP contribution in [0.1, 0.15) is 17.0 Å². The van der Waals surface area contributed by atoms with Gasteiger partial charge < -0.3 is 5.73 Å². The number of guanidine groups is 1. The Morgan fingerprint density at radius 2 is 1.87 bits per heavy atom. The normalized spacial score (nSPS) is 11.8. The van der Waals surface area contributed by atoms with Crippen molar-refractivity contribution in [3.63, 3.8) is 0 Å². The molecule has 120 valence electrons. The van der Waals surface area contributed by atoms with Crippen molar-refractivity contribution in [2.45, 2.75) is 12.3 Å². The van der Waals surface area contributed by atoms with Crippen LogP contribution in [0.4, 0.5) is 4.39 Å². The molecule has 0 bridgehead atoms. The van der Waals surface area contributed by atoms with Crippen LogP contribution in [0.25, 0.3) is 0 Å². The second-order valence-electron chi connectivity index (χ2n) is 4.95. The van der Waals surface area contributed by atoms with E-state index >= 15 is 0 Å². The molecule has 1 atom stereocenters. The molecule has 4 nitrogen and oxygen atoms in total. The molecule has 0 aromatic heterocycles. The van der Waals surface area contributed by atoms with Gasteiger partial charge in [0, 0.05) is 10.0 Å². The second kappa shape index (κ2) is 7.44. The third kappa shape index (κ3) is 4.68. The van der Waals surface area contributed by atoms with Crippen molar-refractivity contribution < 1.29 is 9.18 Å². The number of hydrogen-bond donors (Lipinski definition) is 3. The quantitative estimate of drug-likeness (QED) is 0.581. The van der Waals surface area contributed by atoms with Gasteiger partial charge in [0.15, 0.2) is 5.96 Å². The summed E-state index contributed by atoms with van der Waals surface area (Å²) in [6.45, 7) is 0. The van der Waals surface area contributed by atoms with Gasteiger partial charge in [0.25, 0.3) is 0 Å². The first kappa shape index (κ1) is 17.2. The van der Waals surface area contributed by atoms with Gasteiger partial charge >= 0.3 is 0 Å².